The first kappa shape index (κ1) is 21.1. The van der Waals surface area contributed by atoms with Crippen LogP contribution < -0.4 is 14.4 Å². The van der Waals surface area contributed by atoms with Crippen molar-refractivity contribution in [3.05, 3.63) is 65.7 Å². The minimum absolute atomic E-state index is 0.218. The average Bonchev–Trinajstić information content (AvgIpc) is 3.47. The summed E-state index contributed by atoms with van der Waals surface area (Å²) in [5.41, 5.74) is 2.30. The summed E-state index contributed by atoms with van der Waals surface area (Å²) in [4.78, 5) is 42.7. The molecule has 2 aromatic carbocycles. The first-order chi connectivity index (χ1) is 17.1. The van der Waals surface area contributed by atoms with E-state index in [1.165, 1.54) is 0 Å². The first-order valence-electron chi connectivity index (χ1n) is 11.3. The Kier molecular flexibility index (Phi) is 5.05. The van der Waals surface area contributed by atoms with Crippen molar-refractivity contribution in [1.29, 1.82) is 0 Å². The molecule has 35 heavy (non-hydrogen) atoms. The van der Waals surface area contributed by atoms with Crippen LogP contribution in [0.5, 0.6) is 11.5 Å². The molecule has 0 radical (unpaired) electrons. The lowest BCUT2D eigenvalue weighted by atomic mass is 10.1. The van der Waals surface area contributed by atoms with Crippen molar-refractivity contribution in [2.45, 2.75) is 0 Å². The summed E-state index contributed by atoms with van der Waals surface area (Å²) in [6.07, 6.45) is 0. The topological polar surface area (TPSA) is 105 Å². The average molecular weight is 471 g/mol. The van der Waals surface area contributed by atoms with Crippen LogP contribution in [0.1, 0.15) is 20.7 Å². The third kappa shape index (κ3) is 3.72. The first-order valence-corrected chi connectivity index (χ1v) is 11.3. The Morgan fingerprint density at radius 2 is 1.54 bits per heavy atom. The highest BCUT2D eigenvalue weighted by Gasteiger charge is 2.37. The van der Waals surface area contributed by atoms with Crippen molar-refractivity contribution in [1.82, 2.24) is 20.0 Å². The number of piperazine rings is 1. The molecule has 3 aliphatic heterocycles. The van der Waals surface area contributed by atoms with Crippen LogP contribution in [-0.4, -0.2) is 77.2 Å². The molecule has 1 fully saturated rings. The number of amides is 3. The molecule has 0 N–H and O–H groups in total. The maximum atomic E-state index is 12.8. The molecule has 0 atom stereocenters. The van der Waals surface area contributed by atoms with Crippen LogP contribution in [0.15, 0.2) is 54.6 Å². The molecule has 0 spiro atoms. The summed E-state index contributed by atoms with van der Waals surface area (Å²) in [7, 11) is 0. The Bertz CT molecular complexity index is 1300. The van der Waals surface area contributed by atoms with Gasteiger partial charge in [-0.2, -0.15) is 0 Å². The third-order valence-corrected chi connectivity index (χ3v) is 6.45. The minimum Gasteiger partial charge on any atom is -0.454 e. The number of rotatable bonds is 4. The molecule has 10 nitrogen and oxygen atoms in total. The summed E-state index contributed by atoms with van der Waals surface area (Å²) in [6, 6.07) is 16.1. The summed E-state index contributed by atoms with van der Waals surface area (Å²) >= 11 is 0. The number of hydrogen-bond acceptors (Lipinski definition) is 8. The molecule has 3 aromatic rings. The van der Waals surface area contributed by atoms with Gasteiger partial charge in [-0.1, -0.05) is 12.1 Å². The molecular formula is C25H21N5O5. The van der Waals surface area contributed by atoms with Crippen LogP contribution in [0.3, 0.4) is 0 Å². The van der Waals surface area contributed by atoms with Gasteiger partial charge < -0.3 is 19.3 Å². The van der Waals surface area contributed by atoms with E-state index in [4.69, 9.17) is 9.47 Å². The maximum Gasteiger partial charge on any atom is 0.262 e. The quantitative estimate of drug-likeness (QED) is 0.531. The van der Waals surface area contributed by atoms with Crippen molar-refractivity contribution < 1.29 is 23.9 Å². The van der Waals surface area contributed by atoms with Gasteiger partial charge in [-0.25, -0.2) is 0 Å². The predicted octanol–water partition coefficient (Wildman–Crippen LogP) is 1.82. The van der Waals surface area contributed by atoms with Crippen LogP contribution >= 0.6 is 0 Å². The van der Waals surface area contributed by atoms with Gasteiger partial charge in [0.1, 0.15) is 6.54 Å². The molecular weight excluding hydrogens is 450 g/mol. The number of imide groups is 1. The van der Waals surface area contributed by atoms with Crippen LogP contribution in [0.4, 0.5) is 5.82 Å². The molecule has 1 saturated heterocycles. The van der Waals surface area contributed by atoms with Crippen LogP contribution in [0.25, 0.3) is 11.3 Å². The molecule has 0 bridgehead atoms. The molecule has 0 aliphatic carbocycles. The second-order valence-corrected chi connectivity index (χ2v) is 8.45. The maximum absolute atomic E-state index is 12.8. The van der Waals surface area contributed by atoms with Gasteiger partial charge in [0.15, 0.2) is 17.3 Å². The lowest BCUT2D eigenvalue weighted by Crippen LogP contribution is -2.52. The molecule has 3 aliphatic rings. The number of carbonyl (C=O) groups excluding carboxylic acids is 3. The van der Waals surface area contributed by atoms with Crippen molar-refractivity contribution in [3.8, 4) is 22.8 Å². The summed E-state index contributed by atoms with van der Waals surface area (Å²) < 4.78 is 10.8. The smallest absolute Gasteiger partial charge is 0.262 e. The Balaban J connectivity index is 1.06. The molecule has 10 heteroatoms. The van der Waals surface area contributed by atoms with E-state index in [9.17, 15) is 14.4 Å². The number of carbonyl (C=O) groups is 3. The number of anilines is 1. The molecule has 1 aromatic heterocycles. The Hall–Kier alpha value is -4.47. The number of aromatic nitrogens is 2. The Labute approximate surface area is 200 Å². The van der Waals surface area contributed by atoms with Gasteiger partial charge >= 0.3 is 0 Å². The van der Waals surface area contributed by atoms with E-state index in [2.05, 4.69) is 15.1 Å². The highest BCUT2D eigenvalue weighted by atomic mass is 16.7. The van der Waals surface area contributed by atoms with Gasteiger partial charge in [0.2, 0.25) is 12.7 Å². The second-order valence-electron chi connectivity index (χ2n) is 8.45. The van der Waals surface area contributed by atoms with Gasteiger partial charge in [-0.3, -0.25) is 19.3 Å². The lowest BCUT2D eigenvalue weighted by molar-refractivity contribution is -0.131. The number of nitrogens with zero attached hydrogens (tertiary/aromatic N) is 5. The van der Waals surface area contributed by atoms with Crippen LogP contribution in [-0.2, 0) is 4.79 Å². The van der Waals surface area contributed by atoms with E-state index in [1.807, 2.05) is 30.3 Å². The fraction of sp³-hybridized carbons (Fsp3) is 0.240. The number of hydrogen-bond donors (Lipinski definition) is 0. The second kappa shape index (κ2) is 8.39. The van der Waals surface area contributed by atoms with E-state index in [0.29, 0.717) is 48.8 Å². The highest BCUT2D eigenvalue weighted by molar-refractivity contribution is 6.22. The van der Waals surface area contributed by atoms with Crippen LogP contribution in [0.2, 0.25) is 0 Å². The lowest BCUT2D eigenvalue weighted by Gasteiger charge is -2.35. The normalized spacial score (nSPS) is 16.6. The number of benzene rings is 2. The molecule has 176 valence electrons. The van der Waals surface area contributed by atoms with Crippen molar-refractivity contribution in [2.75, 3.05) is 44.4 Å². The van der Waals surface area contributed by atoms with Crippen molar-refractivity contribution >= 4 is 23.5 Å². The minimum atomic E-state index is -0.421. The summed E-state index contributed by atoms with van der Waals surface area (Å²) in [5.74, 6) is 1.04. The molecule has 3 amide bonds. The van der Waals surface area contributed by atoms with Gasteiger partial charge in [0, 0.05) is 31.7 Å². The van der Waals surface area contributed by atoms with Crippen molar-refractivity contribution in [3.63, 3.8) is 0 Å². The number of fused-ring (bicyclic) bond motifs is 2. The third-order valence-electron chi connectivity index (χ3n) is 6.45. The predicted molar refractivity (Wildman–Crippen MR) is 124 cm³/mol. The van der Waals surface area contributed by atoms with Crippen LogP contribution in [0, 0.1) is 0 Å². The molecule has 6 rings (SSSR count). The zero-order chi connectivity index (χ0) is 23.9. The Morgan fingerprint density at radius 1 is 0.829 bits per heavy atom. The number of ether oxygens (including phenoxy) is 2. The monoisotopic (exact) mass is 471 g/mol. The zero-order valence-electron chi connectivity index (χ0n) is 18.7. The summed E-state index contributed by atoms with van der Waals surface area (Å²) in [6.45, 7) is 2.05. The van der Waals surface area contributed by atoms with E-state index >= 15 is 0 Å². The van der Waals surface area contributed by atoms with E-state index < -0.39 is 11.8 Å². The van der Waals surface area contributed by atoms with Gasteiger partial charge in [-0.05, 0) is 42.5 Å². The van der Waals surface area contributed by atoms with E-state index in [1.54, 1.807) is 29.2 Å². The van der Waals surface area contributed by atoms with E-state index in [0.717, 1.165) is 22.0 Å². The Morgan fingerprint density at radius 3 is 2.23 bits per heavy atom. The van der Waals surface area contributed by atoms with E-state index in [-0.39, 0.29) is 19.2 Å². The summed E-state index contributed by atoms with van der Waals surface area (Å²) in [5, 5.41) is 8.73. The fourth-order valence-electron chi connectivity index (χ4n) is 4.51. The van der Waals surface area contributed by atoms with Gasteiger partial charge in [-0.15, -0.1) is 10.2 Å². The SMILES string of the molecule is O=C(CN1C(=O)c2ccccc2C1=O)N1CCN(c2ccc(-c3ccc4c(c3)OCO4)nn2)CC1. The standard InChI is InChI=1S/C25H21N5O5/c31-23(14-30-24(32)17-3-1-2-4-18(17)25(30)33)29-11-9-28(10-12-29)22-8-6-19(26-27-22)16-5-7-20-21(13-16)35-15-34-20/h1-8,13H,9-12,14-15H2. The molecule has 4 heterocycles. The van der Waals surface area contributed by atoms with Gasteiger partial charge in [0.05, 0.1) is 16.8 Å². The van der Waals surface area contributed by atoms with Gasteiger partial charge in [0.25, 0.3) is 11.8 Å². The largest absolute Gasteiger partial charge is 0.454 e. The molecule has 0 unspecified atom stereocenters. The van der Waals surface area contributed by atoms with Crippen molar-refractivity contribution in [2.24, 2.45) is 0 Å². The highest BCUT2D eigenvalue weighted by Crippen LogP contribution is 2.35. The zero-order valence-corrected chi connectivity index (χ0v) is 18.7. The fourth-order valence-corrected chi connectivity index (χ4v) is 4.51. The molecule has 0 saturated carbocycles.